The van der Waals surface area contributed by atoms with Crippen LogP contribution in [-0.4, -0.2) is 18.7 Å². The molecule has 1 saturated carbocycles. The molecule has 0 spiro atoms. The van der Waals surface area contributed by atoms with Crippen molar-refractivity contribution in [2.75, 3.05) is 7.11 Å². The van der Waals surface area contributed by atoms with Crippen molar-refractivity contribution in [2.45, 2.75) is 38.7 Å². The minimum Gasteiger partial charge on any atom is -0.497 e. The Morgan fingerprint density at radius 2 is 1.83 bits per heavy atom. The van der Waals surface area contributed by atoms with Gasteiger partial charge in [0.1, 0.15) is 11.4 Å². The van der Waals surface area contributed by atoms with Crippen molar-refractivity contribution >= 4 is 5.97 Å². The van der Waals surface area contributed by atoms with Crippen molar-refractivity contribution in [2.24, 2.45) is 5.92 Å². The molecule has 3 nitrogen and oxygen atoms in total. The minimum atomic E-state index is -0.399. The lowest BCUT2D eigenvalue weighted by atomic mass is 10.1. The van der Waals surface area contributed by atoms with E-state index >= 15 is 0 Å². The summed E-state index contributed by atoms with van der Waals surface area (Å²) in [5.74, 6) is 1.10. The Morgan fingerprint density at radius 3 is 2.33 bits per heavy atom. The van der Waals surface area contributed by atoms with E-state index in [1.807, 2.05) is 45.0 Å². The molecule has 18 heavy (non-hydrogen) atoms. The molecule has 0 amide bonds. The zero-order chi connectivity index (χ0) is 13.3. The summed E-state index contributed by atoms with van der Waals surface area (Å²) in [5.41, 5.74) is 0.788. The third kappa shape index (κ3) is 3.03. The van der Waals surface area contributed by atoms with Crippen molar-refractivity contribution in [3.8, 4) is 5.75 Å². The molecule has 0 saturated heterocycles. The Balaban J connectivity index is 1.96. The first-order valence-corrected chi connectivity index (χ1v) is 6.27. The van der Waals surface area contributed by atoms with Gasteiger partial charge in [0.15, 0.2) is 0 Å². The molecule has 0 N–H and O–H groups in total. The van der Waals surface area contributed by atoms with Crippen molar-refractivity contribution in [1.82, 2.24) is 0 Å². The molecule has 0 unspecified atom stereocenters. The molecule has 1 fully saturated rings. The summed E-state index contributed by atoms with van der Waals surface area (Å²) in [7, 11) is 1.65. The van der Waals surface area contributed by atoms with E-state index in [1.54, 1.807) is 7.11 Å². The van der Waals surface area contributed by atoms with Gasteiger partial charge in [0.05, 0.1) is 13.0 Å². The highest BCUT2D eigenvalue weighted by Crippen LogP contribution is 2.48. The van der Waals surface area contributed by atoms with E-state index in [2.05, 4.69) is 0 Å². The summed E-state index contributed by atoms with van der Waals surface area (Å²) in [6, 6.07) is 7.90. The number of hydrogen-bond acceptors (Lipinski definition) is 3. The van der Waals surface area contributed by atoms with Gasteiger partial charge in [-0.3, -0.25) is 4.79 Å². The van der Waals surface area contributed by atoms with Gasteiger partial charge in [-0.05, 0) is 50.8 Å². The highest BCUT2D eigenvalue weighted by atomic mass is 16.6. The summed E-state index contributed by atoms with van der Waals surface area (Å²) in [5, 5.41) is 0. The van der Waals surface area contributed by atoms with Crippen molar-refractivity contribution < 1.29 is 14.3 Å². The van der Waals surface area contributed by atoms with Crippen molar-refractivity contribution in [3.05, 3.63) is 29.8 Å². The lowest BCUT2D eigenvalue weighted by Gasteiger charge is -2.19. The molecule has 1 aromatic rings. The molecule has 2 rings (SSSR count). The maximum absolute atomic E-state index is 11.9. The topological polar surface area (TPSA) is 35.5 Å². The second-order valence-corrected chi connectivity index (χ2v) is 5.76. The normalized spacial score (nSPS) is 22.4. The Kier molecular flexibility index (Phi) is 3.33. The lowest BCUT2D eigenvalue weighted by molar-refractivity contribution is -0.156. The van der Waals surface area contributed by atoms with Crippen LogP contribution < -0.4 is 4.74 Å². The molecule has 98 valence electrons. The van der Waals surface area contributed by atoms with Crippen LogP contribution in [0.5, 0.6) is 5.75 Å². The fourth-order valence-corrected chi connectivity index (χ4v) is 2.05. The van der Waals surface area contributed by atoms with Crippen LogP contribution in [0.15, 0.2) is 24.3 Å². The van der Waals surface area contributed by atoms with Crippen LogP contribution in [-0.2, 0) is 9.53 Å². The van der Waals surface area contributed by atoms with E-state index in [0.717, 1.165) is 12.2 Å². The number of esters is 1. The predicted octanol–water partition coefficient (Wildman–Crippen LogP) is 3.14. The first-order chi connectivity index (χ1) is 8.40. The molecule has 2 atom stereocenters. The van der Waals surface area contributed by atoms with Crippen LogP contribution in [0.4, 0.5) is 0 Å². The number of methoxy groups -OCH3 is 1. The minimum absolute atomic E-state index is 0.0256. The fourth-order valence-electron chi connectivity index (χ4n) is 2.05. The van der Waals surface area contributed by atoms with Gasteiger partial charge in [0.25, 0.3) is 0 Å². The summed E-state index contributed by atoms with van der Waals surface area (Å²) >= 11 is 0. The molecule has 3 heteroatoms. The van der Waals surface area contributed by atoms with Gasteiger partial charge in [-0.1, -0.05) is 12.1 Å². The molecular formula is C15H20O3. The summed E-state index contributed by atoms with van der Waals surface area (Å²) < 4.78 is 10.5. The molecule has 0 bridgehead atoms. The van der Waals surface area contributed by atoms with Gasteiger partial charge < -0.3 is 9.47 Å². The number of ether oxygens (including phenoxy) is 2. The number of hydrogen-bond donors (Lipinski definition) is 0. The molecular weight excluding hydrogens is 228 g/mol. The number of rotatable bonds is 3. The fraction of sp³-hybridized carbons (Fsp3) is 0.533. The van der Waals surface area contributed by atoms with Crippen LogP contribution in [0.2, 0.25) is 0 Å². The average Bonchev–Trinajstić information content (AvgIpc) is 3.07. The highest BCUT2D eigenvalue weighted by molar-refractivity contribution is 5.77. The zero-order valence-electron chi connectivity index (χ0n) is 11.4. The van der Waals surface area contributed by atoms with Gasteiger partial charge >= 0.3 is 5.97 Å². The third-order valence-electron chi connectivity index (χ3n) is 3.04. The van der Waals surface area contributed by atoms with Gasteiger partial charge in [-0.2, -0.15) is 0 Å². The Morgan fingerprint density at radius 1 is 1.22 bits per heavy atom. The second-order valence-electron chi connectivity index (χ2n) is 5.76. The van der Waals surface area contributed by atoms with Crippen LogP contribution in [0.3, 0.4) is 0 Å². The Labute approximate surface area is 108 Å². The quantitative estimate of drug-likeness (QED) is 0.771. The van der Waals surface area contributed by atoms with Crippen LogP contribution in [0, 0.1) is 5.92 Å². The van der Waals surface area contributed by atoms with Crippen LogP contribution in [0.1, 0.15) is 38.7 Å². The van der Waals surface area contributed by atoms with E-state index in [1.165, 1.54) is 5.56 Å². The first kappa shape index (κ1) is 12.9. The Hall–Kier alpha value is -1.51. The van der Waals surface area contributed by atoms with Crippen molar-refractivity contribution in [1.29, 1.82) is 0 Å². The highest BCUT2D eigenvalue weighted by Gasteiger charge is 2.46. The smallest absolute Gasteiger partial charge is 0.310 e. The summed E-state index contributed by atoms with van der Waals surface area (Å²) in [4.78, 5) is 11.9. The molecule has 1 aliphatic carbocycles. The molecule has 1 aromatic carbocycles. The van der Waals surface area contributed by atoms with Crippen molar-refractivity contribution in [3.63, 3.8) is 0 Å². The average molecular weight is 248 g/mol. The second kappa shape index (κ2) is 4.63. The maximum atomic E-state index is 11.9. The van der Waals surface area contributed by atoms with E-state index < -0.39 is 5.60 Å². The number of benzene rings is 1. The Bertz CT molecular complexity index is 428. The number of carbonyl (C=O) groups is 1. The SMILES string of the molecule is COc1ccc([C@H]2C[C@@H]2C(=O)OC(C)(C)C)cc1. The van der Waals surface area contributed by atoms with Crippen LogP contribution >= 0.6 is 0 Å². The molecule has 0 radical (unpaired) electrons. The molecule has 0 aromatic heterocycles. The third-order valence-corrected chi connectivity index (χ3v) is 3.04. The standard InChI is InChI=1S/C15H20O3/c1-15(2,3)18-14(16)13-9-12(13)10-5-7-11(17-4)8-6-10/h5-8,12-13H,9H2,1-4H3/t12-,13+/m1/s1. The first-order valence-electron chi connectivity index (χ1n) is 6.27. The number of carbonyl (C=O) groups excluding carboxylic acids is 1. The monoisotopic (exact) mass is 248 g/mol. The molecule has 0 heterocycles. The van der Waals surface area contributed by atoms with Crippen LogP contribution in [0.25, 0.3) is 0 Å². The van der Waals surface area contributed by atoms with E-state index in [9.17, 15) is 4.79 Å². The summed E-state index contributed by atoms with van der Waals surface area (Å²) in [6.45, 7) is 5.70. The zero-order valence-corrected chi connectivity index (χ0v) is 11.4. The van der Waals surface area contributed by atoms with E-state index in [0.29, 0.717) is 5.92 Å². The summed E-state index contributed by atoms with van der Waals surface area (Å²) in [6.07, 6.45) is 0.890. The lowest BCUT2D eigenvalue weighted by Crippen LogP contribution is -2.25. The van der Waals surface area contributed by atoms with E-state index in [4.69, 9.17) is 9.47 Å². The van der Waals surface area contributed by atoms with E-state index in [-0.39, 0.29) is 11.9 Å². The molecule has 1 aliphatic rings. The molecule has 0 aliphatic heterocycles. The van der Waals surface area contributed by atoms with Gasteiger partial charge in [-0.25, -0.2) is 0 Å². The maximum Gasteiger partial charge on any atom is 0.310 e. The predicted molar refractivity (Wildman–Crippen MR) is 69.7 cm³/mol. The van der Waals surface area contributed by atoms with Gasteiger partial charge in [0.2, 0.25) is 0 Å². The largest absolute Gasteiger partial charge is 0.497 e. The van der Waals surface area contributed by atoms with Gasteiger partial charge in [-0.15, -0.1) is 0 Å². The van der Waals surface area contributed by atoms with Gasteiger partial charge in [0, 0.05) is 0 Å².